The molecule has 0 aliphatic rings. The smallest absolute Gasteiger partial charge is 0.270 e. The molecule has 0 aliphatic carbocycles. The molecular weight excluding hydrogens is 302 g/mol. The van der Waals surface area contributed by atoms with Crippen molar-refractivity contribution >= 4 is 17.5 Å². The van der Waals surface area contributed by atoms with Crippen molar-refractivity contribution < 1.29 is 9.59 Å². The summed E-state index contributed by atoms with van der Waals surface area (Å²) in [5.41, 5.74) is 3.48. The van der Waals surface area contributed by atoms with E-state index in [-0.39, 0.29) is 17.5 Å². The van der Waals surface area contributed by atoms with Crippen LogP contribution in [-0.2, 0) is 6.42 Å². The minimum atomic E-state index is -0.338. The van der Waals surface area contributed by atoms with Crippen LogP contribution in [0.5, 0.6) is 0 Å². The van der Waals surface area contributed by atoms with E-state index in [1.54, 1.807) is 12.1 Å². The van der Waals surface area contributed by atoms with Crippen LogP contribution < -0.4 is 10.6 Å². The highest BCUT2D eigenvalue weighted by atomic mass is 16.2. The van der Waals surface area contributed by atoms with Gasteiger partial charge in [-0.2, -0.15) is 0 Å². The highest BCUT2D eigenvalue weighted by Gasteiger charge is 2.13. The summed E-state index contributed by atoms with van der Waals surface area (Å²) >= 11 is 0. The molecule has 24 heavy (non-hydrogen) atoms. The number of aromatic nitrogens is 1. The molecule has 1 heterocycles. The molecule has 2 rings (SSSR count). The maximum Gasteiger partial charge on any atom is 0.270 e. The Hall–Kier alpha value is -2.95. The maximum atomic E-state index is 12.5. The largest absolute Gasteiger partial charge is 0.347 e. The predicted molar refractivity (Wildman–Crippen MR) is 95.3 cm³/mol. The number of para-hydroxylation sites is 1. The summed E-state index contributed by atoms with van der Waals surface area (Å²) in [7, 11) is 0. The van der Waals surface area contributed by atoms with E-state index in [0.29, 0.717) is 12.1 Å². The van der Waals surface area contributed by atoms with Gasteiger partial charge in [0.05, 0.1) is 0 Å². The van der Waals surface area contributed by atoms with Gasteiger partial charge < -0.3 is 10.6 Å². The fraction of sp³-hybridized carbons (Fsp3) is 0.211. The Labute approximate surface area is 141 Å². The summed E-state index contributed by atoms with van der Waals surface area (Å²) in [5, 5.41) is 5.58. The van der Waals surface area contributed by atoms with E-state index in [1.165, 1.54) is 12.3 Å². The Bertz CT molecular complexity index is 769. The number of hydrogen-bond acceptors (Lipinski definition) is 3. The average molecular weight is 323 g/mol. The molecule has 1 aromatic carbocycles. The molecule has 2 aromatic rings. The van der Waals surface area contributed by atoms with E-state index in [1.807, 2.05) is 32.0 Å². The highest BCUT2D eigenvalue weighted by molar-refractivity contribution is 6.06. The molecule has 0 radical (unpaired) electrons. The second-order valence-electron chi connectivity index (χ2n) is 5.35. The number of carbonyl (C=O) groups is 2. The van der Waals surface area contributed by atoms with Crippen molar-refractivity contribution in [3.8, 4) is 0 Å². The van der Waals surface area contributed by atoms with Crippen LogP contribution in [-0.4, -0.2) is 23.3 Å². The molecule has 0 saturated carbocycles. The molecule has 2 amide bonds. The monoisotopic (exact) mass is 323 g/mol. The molecule has 0 bridgehead atoms. The quantitative estimate of drug-likeness (QED) is 0.802. The molecule has 2 N–H and O–H groups in total. The molecule has 0 fully saturated rings. The van der Waals surface area contributed by atoms with Crippen LogP contribution in [0.15, 0.2) is 49.2 Å². The van der Waals surface area contributed by atoms with Gasteiger partial charge in [0.25, 0.3) is 11.8 Å². The van der Waals surface area contributed by atoms with Gasteiger partial charge in [0, 0.05) is 24.0 Å². The molecule has 0 unspecified atom stereocenters. The molecule has 124 valence electrons. The first-order valence-electron chi connectivity index (χ1n) is 7.81. The van der Waals surface area contributed by atoms with Gasteiger partial charge in [-0.05, 0) is 36.6 Å². The first-order valence-corrected chi connectivity index (χ1v) is 7.81. The van der Waals surface area contributed by atoms with Crippen LogP contribution >= 0.6 is 0 Å². The van der Waals surface area contributed by atoms with E-state index in [9.17, 15) is 9.59 Å². The van der Waals surface area contributed by atoms with Crippen LogP contribution in [0, 0.1) is 6.92 Å². The first-order chi connectivity index (χ1) is 11.6. The molecule has 1 aromatic heterocycles. The van der Waals surface area contributed by atoms with Crippen molar-refractivity contribution in [2.45, 2.75) is 20.3 Å². The number of aryl methyl sites for hydroxylation is 2. The number of hydrogen-bond donors (Lipinski definition) is 2. The molecule has 0 atom stereocenters. The molecule has 0 saturated heterocycles. The van der Waals surface area contributed by atoms with Gasteiger partial charge in [-0.25, -0.2) is 0 Å². The number of rotatable bonds is 6. The van der Waals surface area contributed by atoms with Crippen LogP contribution in [0.25, 0.3) is 0 Å². The third-order valence-electron chi connectivity index (χ3n) is 3.64. The van der Waals surface area contributed by atoms with Gasteiger partial charge in [-0.3, -0.25) is 14.6 Å². The van der Waals surface area contributed by atoms with E-state index in [4.69, 9.17) is 0 Å². The summed E-state index contributed by atoms with van der Waals surface area (Å²) in [6.07, 6.45) is 3.86. The molecule has 5 heteroatoms. The lowest BCUT2D eigenvalue weighted by Gasteiger charge is -2.13. The van der Waals surface area contributed by atoms with Crippen molar-refractivity contribution in [2.24, 2.45) is 0 Å². The van der Waals surface area contributed by atoms with Gasteiger partial charge in [-0.15, -0.1) is 6.58 Å². The maximum absolute atomic E-state index is 12.5. The van der Waals surface area contributed by atoms with Crippen molar-refractivity contribution in [3.63, 3.8) is 0 Å². The summed E-state index contributed by atoms with van der Waals surface area (Å²) in [6, 6.07) is 8.98. The van der Waals surface area contributed by atoms with Crippen LogP contribution in [0.4, 0.5) is 5.69 Å². The lowest BCUT2D eigenvalue weighted by molar-refractivity contribution is 0.0953. The van der Waals surface area contributed by atoms with Crippen LogP contribution in [0.1, 0.15) is 38.9 Å². The third kappa shape index (κ3) is 4.07. The molecule has 0 aliphatic heterocycles. The Balaban J connectivity index is 2.22. The second kappa shape index (κ2) is 8.06. The third-order valence-corrected chi connectivity index (χ3v) is 3.64. The zero-order valence-electron chi connectivity index (χ0n) is 13.9. The zero-order valence-corrected chi connectivity index (χ0v) is 13.9. The minimum absolute atomic E-state index is 0.199. The Morgan fingerprint density at radius 1 is 1.25 bits per heavy atom. The Morgan fingerprint density at radius 2 is 2.04 bits per heavy atom. The number of pyridine rings is 1. The Morgan fingerprint density at radius 3 is 2.75 bits per heavy atom. The zero-order chi connectivity index (χ0) is 17.5. The number of nitrogens with one attached hydrogen (secondary N) is 2. The topological polar surface area (TPSA) is 71.1 Å². The van der Waals surface area contributed by atoms with Gasteiger partial charge in [-0.1, -0.05) is 31.2 Å². The summed E-state index contributed by atoms with van der Waals surface area (Å²) in [4.78, 5) is 28.5. The number of carbonyl (C=O) groups excluding carboxylic acids is 2. The van der Waals surface area contributed by atoms with Crippen LogP contribution in [0.2, 0.25) is 0 Å². The molecular formula is C19H21N3O2. The van der Waals surface area contributed by atoms with E-state index >= 15 is 0 Å². The summed E-state index contributed by atoms with van der Waals surface area (Å²) in [6.45, 7) is 7.89. The first kappa shape index (κ1) is 17.4. The number of benzene rings is 1. The predicted octanol–water partition coefficient (Wildman–Crippen LogP) is 3.12. The van der Waals surface area contributed by atoms with Crippen molar-refractivity contribution in [3.05, 3.63) is 71.6 Å². The molecule has 0 spiro atoms. The van der Waals surface area contributed by atoms with Crippen LogP contribution in [0.3, 0.4) is 0 Å². The number of anilines is 1. The second-order valence-corrected chi connectivity index (χ2v) is 5.35. The van der Waals surface area contributed by atoms with Gasteiger partial charge in [0.1, 0.15) is 5.69 Å². The van der Waals surface area contributed by atoms with E-state index < -0.39 is 0 Å². The van der Waals surface area contributed by atoms with Crippen molar-refractivity contribution in [2.75, 3.05) is 11.9 Å². The van der Waals surface area contributed by atoms with E-state index in [0.717, 1.165) is 23.2 Å². The SMILES string of the molecule is C=CCNC(=O)c1cc(C(=O)Nc2c(C)cccc2CC)ccn1. The summed E-state index contributed by atoms with van der Waals surface area (Å²) in [5.74, 6) is -0.603. The Kier molecular flexibility index (Phi) is 5.84. The standard InChI is InChI=1S/C19H21N3O2/c1-4-10-21-19(24)16-12-15(9-11-20-16)18(23)22-17-13(3)7-6-8-14(17)5-2/h4,6-9,11-12H,1,5,10H2,2-3H3,(H,21,24)(H,22,23). The number of nitrogens with zero attached hydrogens (tertiary/aromatic N) is 1. The van der Waals surface area contributed by atoms with Crippen molar-refractivity contribution in [1.82, 2.24) is 10.3 Å². The van der Waals surface area contributed by atoms with Gasteiger partial charge >= 0.3 is 0 Å². The minimum Gasteiger partial charge on any atom is -0.347 e. The van der Waals surface area contributed by atoms with E-state index in [2.05, 4.69) is 22.2 Å². The average Bonchev–Trinajstić information content (AvgIpc) is 2.61. The summed E-state index contributed by atoms with van der Waals surface area (Å²) < 4.78 is 0. The van der Waals surface area contributed by atoms with Gasteiger partial charge in [0.2, 0.25) is 0 Å². The van der Waals surface area contributed by atoms with Crippen molar-refractivity contribution in [1.29, 1.82) is 0 Å². The van der Waals surface area contributed by atoms with Gasteiger partial charge in [0.15, 0.2) is 0 Å². The number of amides is 2. The lowest BCUT2D eigenvalue weighted by atomic mass is 10.1. The highest BCUT2D eigenvalue weighted by Crippen LogP contribution is 2.21. The molecule has 5 nitrogen and oxygen atoms in total. The fourth-order valence-electron chi connectivity index (χ4n) is 2.34. The fourth-order valence-corrected chi connectivity index (χ4v) is 2.34. The lowest BCUT2D eigenvalue weighted by Crippen LogP contribution is -2.25. The normalized spacial score (nSPS) is 10.1.